The third kappa shape index (κ3) is 15.0. The van der Waals surface area contributed by atoms with E-state index in [1.165, 1.54) is 76.2 Å². The average molecular weight is 457 g/mol. The zero-order chi connectivity index (χ0) is 23.4. The lowest BCUT2D eigenvalue weighted by Gasteiger charge is -2.20. The van der Waals surface area contributed by atoms with Crippen LogP contribution >= 0.6 is 0 Å². The first-order valence-corrected chi connectivity index (χ1v) is 13.4. The Kier molecular flexibility index (Phi) is 15.7. The van der Waals surface area contributed by atoms with Crippen LogP contribution in [0.2, 0.25) is 0 Å². The van der Waals surface area contributed by atoms with Crippen molar-refractivity contribution in [3.63, 3.8) is 0 Å². The molecular formula is C29H48N2O2. The van der Waals surface area contributed by atoms with E-state index < -0.39 is 0 Å². The summed E-state index contributed by atoms with van der Waals surface area (Å²) in [5.41, 5.74) is 1.23. The molecule has 186 valence electrons. The highest BCUT2D eigenvalue weighted by molar-refractivity contribution is 5.13. The van der Waals surface area contributed by atoms with Gasteiger partial charge in [0.05, 0.1) is 25.6 Å². The summed E-state index contributed by atoms with van der Waals surface area (Å²) in [6.07, 6.45) is 21.8. The van der Waals surface area contributed by atoms with E-state index >= 15 is 0 Å². The minimum Gasteiger partial charge on any atom is -0.379 e. The van der Waals surface area contributed by atoms with Gasteiger partial charge in [-0.1, -0.05) is 102 Å². The van der Waals surface area contributed by atoms with E-state index in [2.05, 4.69) is 53.9 Å². The van der Waals surface area contributed by atoms with Crippen molar-refractivity contribution < 1.29 is 9.47 Å². The van der Waals surface area contributed by atoms with Crippen LogP contribution in [-0.2, 0) is 22.6 Å². The normalized spacial score (nSPS) is 12.5. The third-order valence-electron chi connectivity index (χ3n) is 6.13. The molecule has 0 aliphatic heterocycles. The van der Waals surface area contributed by atoms with Crippen molar-refractivity contribution in [1.29, 1.82) is 0 Å². The lowest BCUT2D eigenvalue weighted by atomic mass is 10.1. The first kappa shape index (κ1) is 27.6. The highest BCUT2D eigenvalue weighted by atomic mass is 16.5. The average Bonchev–Trinajstić information content (AvgIpc) is 3.34. The van der Waals surface area contributed by atoms with Crippen molar-refractivity contribution in [1.82, 2.24) is 9.55 Å². The Labute approximate surface area is 203 Å². The van der Waals surface area contributed by atoms with Crippen LogP contribution in [0.25, 0.3) is 0 Å². The molecule has 0 saturated carbocycles. The third-order valence-corrected chi connectivity index (χ3v) is 6.13. The molecule has 0 radical (unpaired) electrons. The molecule has 0 aliphatic carbocycles. The van der Waals surface area contributed by atoms with Gasteiger partial charge >= 0.3 is 0 Å². The van der Waals surface area contributed by atoms with Gasteiger partial charge in [-0.15, -0.1) is 0 Å². The second kappa shape index (κ2) is 18.7. The molecule has 0 aliphatic rings. The number of rotatable bonds is 21. The van der Waals surface area contributed by atoms with Crippen LogP contribution < -0.4 is 0 Å². The van der Waals surface area contributed by atoms with Crippen LogP contribution in [0.15, 0.2) is 49.1 Å². The molecule has 1 atom stereocenters. The summed E-state index contributed by atoms with van der Waals surface area (Å²) in [5, 5.41) is 0. The minimum atomic E-state index is 0.191. The molecule has 0 amide bonds. The Morgan fingerprint density at radius 3 is 2.06 bits per heavy atom. The topological polar surface area (TPSA) is 36.3 Å². The number of nitrogens with zero attached hydrogens (tertiary/aromatic N) is 2. The summed E-state index contributed by atoms with van der Waals surface area (Å²) in [5.74, 6) is 0.622. The van der Waals surface area contributed by atoms with Crippen LogP contribution in [0.4, 0.5) is 0 Å². The van der Waals surface area contributed by atoms with Crippen molar-refractivity contribution in [2.45, 2.75) is 110 Å². The quantitative estimate of drug-likeness (QED) is 0.180. The standard InChI is InChI=1S/C29H48N2O2/c1-27(2)23-29(33-24-28-17-13-12-14-18-28)25-32-22-16-11-9-7-5-3-4-6-8-10-15-20-31-21-19-30-26-31/h12-14,17-19,21,26-27,29H,3-11,15-16,20,22-25H2,1-2H3. The largest absolute Gasteiger partial charge is 0.379 e. The fourth-order valence-electron chi connectivity index (χ4n) is 4.22. The molecule has 4 nitrogen and oxygen atoms in total. The molecule has 0 bridgehead atoms. The maximum Gasteiger partial charge on any atom is 0.0945 e. The lowest BCUT2D eigenvalue weighted by Crippen LogP contribution is -2.22. The van der Waals surface area contributed by atoms with Gasteiger partial charge in [0.2, 0.25) is 0 Å². The van der Waals surface area contributed by atoms with Crippen LogP contribution in [0.3, 0.4) is 0 Å². The molecule has 1 unspecified atom stereocenters. The fourth-order valence-corrected chi connectivity index (χ4v) is 4.22. The smallest absolute Gasteiger partial charge is 0.0945 e. The molecule has 1 aromatic heterocycles. The number of unbranched alkanes of at least 4 members (excludes halogenated alkanes) is 10. The van der Waals surface area contributed by atoms with Crippen LogP contribution in [0.5, 0.6) is 0 Å². The number of hydrogen-bond donors (Lipinski definition) is 0. The summed E-state index contributed by atoms with van der Waals surface area (Å²) in [6.45, 7) is 7.87. The Morgan fingerprint density at radius 2 is 1.45 bits per heavy atom. The zero-order valence-corrected chi connectivity index (χ0v) is 21.3. The Hall–Kier alpha value is -1.65. The van der Waals surface area contributed by atoms with Gasteiger partial charge in [-0.05, 0) is 30.7 Å². The van der Waals surface area contributed by atoms with Crippen LogP contribution in [0, 0.1) is 5.92 Å². The van der Waals surface area contributed by atoms with Crippen molar-refractivity contribution in [3.8, 4) is 0 Å². The molecule has 1 aromatic carbocycles. The SMILES string of the molecule is CC(C)CC(COCCCCCCCCCCCCCn1ccnc1)OCc1ccccc1. The first-order valence-electron chi connectivity index (χ1n) is 13.4. The Bertz CT molecular complexity index is 658. The van der Waals surface area contributed by atoms with Crippen molar-refractivity contribution in [2.24, 2.45) is 5.92 Å². The molecule has 4 heteroatoms. The van der Waals surface area contributed by atoms with Gasteiger partial charge in [-0.25, -0.2) is 4.98 Å². The number of aryl methyl sites for hydroxylation is 1. The van der Waals surface area contributed by atoms with Crippen LogP contribution in [-0.4, -0.2) is 28.9 Å². The number of aromatic nitrogens is 2. The highest BCUT2D eigenvalue weighted by Crippen LogP contribution is 2.14. The first-order chi connectivity index (χ1) is 16.2. The van der Waals surface area contributed by atoms with Gasteiger partial charge in [0, 0.05) is 25.5 Å². The predicted octanol–water partition coefficient (Wildman–Crippen LogP) is 7.82. The number of benzene rings is 1. The molecule has 2 aromatic rings. The highest BCUT2D eigenvalue weighted by Gasteiger charge is 2.12. The van der Waals surface area contributed by atoms with Gasteiger partial charge in [0.25, 0.3) is 0 Å². The van der Waals surface area contributed by atoms with Gasteiger partial charge in [0.1, 0.15) is 0 Å². The lowest BCUT2D eigenvalue weighted by molar-refractivity contribution is -0.0346. The molecule has 1 heterocycles. The molecule has 0 fully saturated rings. The minimum absolute atomic E-state index is 0.191. The molecule has 0 N–H and O–H groups in total. The number of hydrogen-bond acceptors (Lipinski definition) is 3. The maximum atomic E-state index is 6.14. The second-order valence-electron chi connectivity index (χ2n) is 9.81. The van der Waals surface area contributed by atoms with E-state index in [1.807, 2.05) is 18.6 Å². The number of imidazole rings is 1. The molecular weight excluding hydrogens is 408 g/mol. The predicted molar refractivity (Wildman–Crippen MR) is 138 cm³/mol. The Morgan fingerprint density at radius 1 is 0.818 bits per heavy atom. The van der Waals surface area contributed by atoms with Crippen LogP contribution in [0.1, 0.15) is 96.5 Å². The molecule has 33 heavy (non-hydrogen) atoms. The van der Waals surface area contributed by atoms with E-state index in [0.29, 0.717) is 19.1 Å². The van der Waals surface area contributed by atoms with Gasteiger partial charge in [0.15, 0.2) is 0 Å². The van der Waals surface area contributed by atoms with E-state index in [-0.39, 0.29) is 6.10 Å². The summed E-state index contributed by atoms with van der Waals surface area (Å²) in [6, 6.07) is 10.4. The zero-order valence-electron chi connectivity index (χ0n) is 21.3. The van der Waals surface area contributed by atoms with Gasteiger partial charge in [-0.2, -0.15) is 0 Å². The van der Waals surface area contributed by atoms with E-state index in [1.54, 1.807) is 0 Å². The van der Waals surface area contributed by atoms with Crippen molar-refractivity contribution in [2.75, 3.05) is 13.2 Å². The molecule has 0 spiro atoms. The Balaban J connectivity index is 1.35. The summed E-state index contributed by atoms with van der Waals surface area (Å²) >= 11 is 0. The van der Waals surface area contributed by atoms with Gasteiger partial charge in [-0.3, -0.25) is 0 Å². The monoisotopic (exact) mass is 456 g/mol. The molecule has 2 rings (SSSR count). The summed E-state index contributed by atoms with van der Waals surface area (Å²) in [4.78, 5) is 4.09. The number of ether oxygens (including phenoxy) is 2. The maximum absolute atomic E-state index is 6.14. The van der Waals surface area contributed by atoms with Crippen molar-refractivity contribution >= 4 is 0 Å². The second-order valence-corrected chi connectivity index (χ2v) is 9.81. The summed E-state index contributed by atoms with van der Waals surface area (Å²) < 4.78 is 14.3. The molecule has 0 saturated heterocycles. The fraction of sp³-hybridized carbons (Fsp3) is 0.690. The van der Waals surface area contributed by atoms with Crippen molar-refractivity contribution in [3.05, 3.63) is 54.6 Å². The summed E-state index contributed by atoms with van der Waals surface area (Å²) in [7, 11) is 0. The van der Waals surface area contributed by atoms with E-state index in [9.17, 15) is 0 Å². The van der Waals surface area contributed by atoms with E-state index in [4.69, 9.17) is 9.47 Å². The van der Waals surface area contributed by atoms with Gasteiger partial charge < -0.3 is 14.0 Å². The van der Waals surface area contributed by atoms with E-state index in [0.717, 1.165) is 19.6 Å².